The van der Waals surface area contributed by atoms with E-state index in [4.69, 9.17) is 9.84 Å². The van der Waals surface area contributed by atoms with E-state index in [1.54, 1.807) is 0 Å². The third-order valence-electron chi connectivity index (χ3n) is 3.31. The number of carbonyl (C=O) groups excluding carboxylic acids is 1. The van der Waals surface area contributed by atoms with Crippen molar-refractivity contribution in [1.82, 2.24) is 15.5 Å². The summed E-state index contributed by atoms with van der Waals surface area (Å²) in [6.07, 6.45) is 8.87. The number of ether oxygens (including phenoxy) is 1. The van der Waals surface area contributed by atoms with Crippen LogP contribution in [0.5, 0.6) is 5.75 Å². The molecule has 0 bridgehead atoms. The lowest BCUT2D eigenvalue weighted by Gasteiger charge is -2.11. The number of β-amino-alcohol motifs (C(OH)–C–C–N with tert-alkyl or cyclic N) is 1. The van der Waals surface area contributed by atoms with E-state index in [-0.39, 0.29) is 18.6 Å². The number of terminal acetylenes is 1. The van der Waals surface area contributed by atoms with Gasteiger partial charge in [-0.1, -0.05) is 17.7 Å². The molecule has 3 N–H and O–H groups in total. The van der Waals surface area contributed by atoms with E-state index in [2.05, 4.69) is 23.5 Å². The lowest BCUT2D eigenvalue weighted by Crippen LogP contribution is -2.34. The number of carbonyl (C=O) groups is 1. The summed E-state index contributed by atoms with van der Waals surface area (Å²) in [4.78, 5) is 13.4. The first kappa shape index (κ1) is 22.9. The van der Waals surface area contributed by atoms with Gasteiger partial charge in [-0.3, -0.25) is 4.79 Å². The number of amides is 1. The smallest absolute Gasteiger partial charge is 0.257 e. The number of nitrogens with one attached hydrogen (secondary N) is 2. The minimum atomic E-state index is -0.0903. The van der Waals surface area contributed by atoms with Crippen LogP contribution in [-0.2, 0) is 4.79 Å². The fourth-order valence-electron chi connectivity index (χ4n) is 1.89. The van der Waals surface area contributed by atoms with Gasteiger partial charge in [0.25, 0.3) is 5.91 Å². The second-order valence-corrected chi connectivity index (χ2v) is 5.90. The molecule has 6 heteroatoms. The number of benzene rings is 1. The molecule has 0 unspecified atom stereocenters. The predicted molar refractivity (Wildman–Crippen MR) is 102 cm³/mol. The lowest BCUT2D eigenvalue weighted by molar-refractivity contribution is -0.123. The van der Waals surface area contributed by atoms with Crippen LogP contribution in [0.25, 0.3) is 0 Å². The molecule has 1 aliphatic heterocycles. The number of nitrogens with zero attached hydrogens (tertiary/aromatic N) is 1. The molecule has 1 amide bonds. The molecule has 1 fully saturated rings. The maximum absolute atomic E-state index is 11.4. The van der Waals surface area contributed by atoms with Crippen LogP contribution in [-0.4, -0.2) is 68.9 Å². The van der Waals surface area contributed by atoms with E-state index in [9.17, 15) is 4.79 Å². The Morgan fingerprint density at radius 3 is 2.44 bits per heavy atom. The maximum Gasteiger partial charge on any atom is 0.257 e. The van der Waals surface area contributed by atoms with Crippen molar-refractivity contribution in [3.05, 3.63) is 29.8 Å². The van der Waals surface area contributed by atoms with E-state index in [1.807, 2.05) is 50.2 Å². The standard InChI is InChI=1S/C13H20N2O2.C4H9NO.C2H2/c1-11-4-6-12(7-5-11)17-10-13(16)14-8-9-15(2)3;6-4-1-2-5-3-4;1-2/h4-7H,8-10H2,1-3H3,(H,14,16);4-6H,1-3H2;1-2H/t;4-;/m.1./s1. The Morgan fingerprint density at radius 1 is 1.36 bits per heavy atom. The lowest BCUT2D eigenvalue weighted by atomic mass is 10.2. The SMILES string of the molecule is C#C.Cc1ccc(OCC(=O)NCCN(C)C)cc1.O[C@@H]1CCNC1. The zero-order chi connectivity index (χ0) is 19.1. The molecule has 140 valence electrons. The zero-order valence-electron chi connectivity index (χ0n) is 15.5. The summed E-state index contributed by atoms with van der Waals surface area (Å²) in [5, 5.41) is 14.5. The third-order valence-corrected chi connectivity index (χ3v) is 3.31. The van der Waals surface area contributed by atoms with Gasteiger partial charge in [-0.15, -0.1) is 12.8 Å². The Kier molecular flexibility index (Phi) is 13.1. The average molecular weight is 349 g/mol. The Balaban J connectivity index is 0.000000596. The van der Waals surface area contributed by atoms with Crippen LogP contribution in [0.1, 0.15) is 12.0 Å². The molecule has 1 heterocycles. The molecule has 0 saturated carbocycles. The van der Waals surface area contributed by atoms with Crippen molar-refractivity contribution in [2.75, 3.05) is 46.9 Å². The fraction of sp³-hybridized carbons (Fsp3) is 0.526. The van der Waals surface area contributed by atoms with Crippen LogP contribution >= 0.6 is 0 Å². The summed E-state index contributed by atoms with van der Waals surface area (Å²) < 4.78 is 5.35. The first-order chi connectivity index (χ1) is 12.0. The summed E-state index contributed by atoms with van der Waals surface area (Å²) in [7, 11) is 3.93. The van der Waals surface area contributed by atoms with E-state index in [0.717, 1.165) is 31.8 Å². The molecule has 6 nitrogen and oxygen atoms in total. The molecule has 0 spiro atoms. The number of rotatable bonds is 6. The highest BCUT2D eigenvalue weighted by Crippen LogP contribution is 2.10. The van der Waals surface area contributed by atoms with Gasteiger partial charge in [-0.2, -0.15) is 0 Å². The number of likely N-dealkylation sites (N-methyl/N-ethyl adjacent to an activating group) is 1. The van der Waals surface area contributed by atoms with Crippen molar-refractivity contribution in [2.24, 2.45) is 0 Å². The maximum atomic E-state index is 11.4. The van der Waals surface area contributed by atoms with Crippen LogP contribution in [0.4, 0.5) is 0 Å². The second kappa shape index (κ2) is 14.3. The largest absolute Gasteiger partial charge is 0.484 e. The van der Waals surface area contributed by atoms with Gasteiger partial charge in [-0.05, 0) is 46.1 Å². The van der Waals surface area contributed by atoms with E-state index in [1.165, 1.54) is 5.56 Å². The number of aliphatic hydroxyl groups is 1. The minimum absolute atomic E-state index is 0.0648. The average Bonchev–Trinajstić information content (AvgIpc) is 3.07. The number of hydrogen-bond donors (Lipinski definition) is 3. The van der Waals surface area contributed by atoms with Gasteiger partial charge in [0.2, 0.25) is 0 Å². The highest BCUT2D eigenvalue weighted by Gasteiger charge is 2.08. The van der Waals surface area contributed by atoms with Gasteiger partial charge in [0.05, 0.1) is 6.10 Å². The van der Waals surface area contributed by atoms with Crippen molar-refractivity contribution < 1.29 is 14.6 Å². The summed E-state index contributed by atoms with van der Waals surface area (Å²) in [5.74, 6) is 0.630. The zero-order valence-corrected chi connectivity index (χ0v) is 15.5. The van der Waals surface area contributed by atoms with Gasteiger partial charge >= 0.3 is 0 Å². The van der Waals surface area contributed by atoms with Crippen LogP contribution in [0, 0.1) is 19.8 Å². The molecule has 0 aliphatic carbocycles. The van der Waals surface area contributed by atoms with E-state index < -0.39 is 0 Å². The molecular formula is C19H31N3O3. The monoisotopic (exact) mass is 349 g/mol. The number of aliphatic hydroxyl groups excluding tert-OH is 1. The minimum Gasteiger partial charge on any atom is -0.484 e. The highest BCUT2D eigenvalue weighted by molar-refractivity contribution is 5.77. The Hall–Kier alpha value is -2.07. The Bertz CT molecular complexity index is 480. The van der Waals surface area contributed by atoms with Gasteiger partial charge < -0.3 is 25.4 Å². The first-order valence-electron chi connectivity index (χ1n) is 8.30. The van der Waals surface area contributed by atoms with Gasteiger partial charge in [0, 0.05) is 19.6 Å². The summed E-state index contributed by atoms with van der Waals surface area (Å²) in [5.41, 5.74) is 1.17. The molecule has 0 radical (unpaired) electrons. The van der Waals surface area contributed by atoms with Crippen LogP contribution in [0.2, 0.25) is 0 Å². The molecule has 25 heavy (non-hydrogen) atoms. The van der Waals surface area contributed by atoms with E-state index in [0.29, 0.717) is 6.54 Å². The van der Waals surface area contributed by atoms with Crippen molar-refractivity contribution in [2.45, 2.75) is 19.4 Å². The van der Waals surface area contributed by atoms with Gasteiger partial charge in [-0.25, -0.2) is 0 Å². The molecule has 0 aromatic heterocycles. The molecule has 1 atom stereocenters. The summed E-state index contributed by atoms with van der Waals surface area (Å²) in [6.45, 7) is 5.33. The Labute approximate surface area is 151 Å². The van der Waals surface area contributed by atoms with Crippen LogP contribution in [0.15, 0.2) is 24.3 Å². The number of hydrogen-bond acceptors (Lipinski definition) is 5. The molecule has 1 aromatic rings. The van der Waals surface area contributed by atoms with Crippen molar-refractivity contribution in [3.63, 3.8) is 0 Å². The molecule has 2 rings (SSSR count). The molecule has 1 aliphatic rings. The quantitative estimate of drug-likeness (QED) is 0.658. The molecule has 1 aromatic carbocycles. The topological polar surface area (TPSA) is 73.8 Å². The molecular weight excluding hydrogens is 318 g/mol. The van der Waals surface area contributed by atoms with Crippen molar-refractivity contribution in [3.8, 4) is 18.6 Å². The van der Waals surface area contributed by atoms with Crippen molar-refractivity contribution in [1.29, 1.82) is 0 Å². The predicted octanol–water partition coefficient (Wildman–Crippen LogP) is 0.642. The second-order valence-electron chi connectivity index (χ2n) is 5.90. The van der Waals surface area contributed by atoms with E-state index >= 15 is 0 Å². The Morgan fingerprint density at radius 2 is 2.00 bits per heavy atom. The van der Waals surface area contributed by atoms with Crippen LogP contribution < -0.4 is 15.4 Å². The first-order valence-corrected chi connectivity index (χ1v) is 8.30. The summed E-state index contributed by atoms with van der Waals surface area (Å²) >= 11 is 0. The van der Waals surface area contributed by atoms with Crippen LogP contribution in [0.3, 0.4) is 0 Å². The fourth-order valence-corrected chi connectivity index (χ4v) is 1.89. The van der Waals surface area contributed by atoms with Gasteiger partial charge in [0.15, 0.2) is 6.61 Å². The van der Waals surface area contributed by atoms with Gasteiger partial charge in [0.1, 0.15) is 5.75 Å². The highest BCUT2D eigenvalue weighted by atomic mass is 16.5. The summed E-state index contributed by atoms with van der Waals surface area (Å²) in [6, 6.07) is 7.64. The normalized spacial score (nSPS) is 15.4. The number of aryl methyl sites for hydroxylation is 1. The van der Waals surface area contributed by atoms with Crippen molar-refractivity contribution >= 4 is 5.91 Å². The molecule has 1 saturated heterocycles. The third kappa shape index (κ3) is 13.0.